The molecule has 0 bridgehead atoms. The van der Waals surface area contributed by atoms with Crippen molar-refractivity contribution in [2.75, 3.05) is 19.6 Å². The number of benzene rings is 1. The first-order valence-electron chi connectivity index (χ1n) is 7.70. The summed E-state index contributed by atoms with van der Waals surface area (Å²) in [4.78, 5) is 12.0. The van der Waals surface area contributed by atoms with E-state index in [0.717, 1.165) is 11.8 Å². The van der Waals surface area contributed by atoms with Crippen LogP contribution in [0.4, 0.5) is 0 Å². The highest BCUT2D eigenvalue weighted by Gasteiger charge is 2.29. The van der Waals surface area contributed by atoms with Gasteiger partial charge < -0.3 is 14.8 Å². The summed E-state index contributed by atoms with van der Waals surface area (Å²) in [5, 5.41) is 2.79. The minimum absolute atomic E-state index is 0.106. The Morgan fingerprint density at radius 3 is 2.54 bits per heavy atom. The van der Waals surface area contributed by atoms with Gasteiger partial charge in [-0.15, -0.1) is 0 Å². The van der Waals surface area contributed by atoms with Crippen LogP contribution >= 0.6 is 0 Å². The predicted molar refractivity (Wildman–Crippen MR) is 90.3 cm³/mol. The van der Waals surface area contributed by atoms with Crippen molar-refractivity contribution >= 4 is 15.9 Å². The number of hydrogen-bond acceptors (Lipinski definition) is 5. The summed E-state index contributed by atoms with van der Waals surface area (Å²) in [6, 6.07) is 5.47. The average Bonchev–Trinajstić information content (AvgIpc) is 2.89. The van der Waals surface area contributed by atoms with Crippen LogP contribution in [-0.2, 0) is 21.4 Å². The summed E-state index contributed by atoms with van der Waals surface area (Å²) >= 11 is 0. The van der Waals surface area contributed by atoms with E-state index in [0.29, 0.717) is 18.0 Å². The maximum absolute atomic E-state index is 12.0. The SMILES string of the molecule is CC(C)(C)N(CCC(=O)NCc1ccc2c(c1)OCO2)S(C)(=O)=O. The number of amides is 1. The molecule has 0 radical (unpaired) electrons. The molecule has 0 unspecified atom stereocenters. The largest absolute Gasteiger partial charge is 0.454 e. The standard InChI is InChI=1S/C16H24N2O5S/c1-16(2,3)18(24(4,20)21)8-7-15(19)17-10-12-5-6-13-14(9-12)23-11-22-13/h5-6,9H,7-8,10-11H2,1-4H3,(H,17,19). The summed E-state index contributed by atoms with van der Waals surface area (Å²) < 4.78 is 35.6. The van der Waals surface area contributed by atoms with Gasteiger partial charge in [-0.05, 0) is 38.5 Å². The minimum Gasteiger partial charge on any atom is -0.454 e. The Morgan fingerprint density at radius 2 is 1.92 bits per heavy atom. The Labute approximate surface area is 143 Å². The van der Waals surface area contributed by atoms with Crippen LogP contribution in [0.15, 0.2) is 18.2 Å². The van der Waals surface area contributed by atoms with Crippen LogP contribution in [0.5, 0.6) is 11.5 Å². The van der Waals surface area contributed by atoms with Crippen molar-refractivity contribution in [1.82, 2.24) is 9.62 Å². The van der Waals surface area contributed by atoms with E-state index in [1.807, 2.05) is 12.1 Å². The van der Waals surface area contributed by atoms with Gasteiger partial charge in [0.15, 0.2) is 11.5 Å². The van der Waals surface area contributed by atoms with E-state index in [2.05, 4.69) is 5.32 Å². The second-order valence-corrected chi connectivity index (χ2v) is 8.63. The first-order valence-corrected chi connectivity index (χ1v) is 9.55. The van der Waals surface area contributed by atoms with Gasteiger partial charge in [0, 0.05) is 25.0 Å². The topological polar surface area (TPSA) is 84.9 Å². The Bertz CT molecular complexity index is 710. The quantitative estimate of drug-likeness (QED) is 0.834. The van der Waals surface area contributed by atoms with Crippen LogP contribution in [0.2, 0.25) is 0 Å². The molecule has 134 valence electrons. The third-order valence-corrected chi connectivity index (χ3v) is 5.15. The van der Waals surface area contributed by atoms with Crippen molar-refractivity contribution in [1.29, 1.82) is 0 Å². The van der Waals surface area contributed by atoms with Crippen LogP contribution < -0.4 is 14.8 Å². The highest BCUT2D eigenvalue weighted by molar-refractivity contribution is 7.88. The van der Waals surface area contributed by atoms with Gasteiger partial charge in [-0.1, -0.05) is 6.07 Å². The Kier molecular flexibility index (Phi) is 5.39. The summed E-state index contributed by atoms with van der Waals surface area (Å²) in [7, 11) is -3.37. The summed E-state index contributed by atoms with van der Waals surface area (Å²) in [6.07, 6.45) is 1.26. The lowest BCUT2D eigenvalue weighted by molar-refractivity contribution is -0.121. The molecule has 7 nitrogen and oxygen atoms in total. The molecule has 8 heteroatoms. The van der Waals surface area contributed by atoms with Gasteiger partial charge in [-0.25, -0.2) is 8.42 Å². The van der Waals surface area contributed by atoms with Crippen molar-refractivity contribution in [3.63, 3.8) is 0 Å². The second kappa shape index (κ2) is 6.98. The minimum atomic E-state index is -3.37. The molecular weight excluding hydrogens is 332 g/mol. The molecule has 0 aliphatic carbocycles. The molecule has 0 saturated heterocycles. The van der Waals surface area contributed by atoms with E-state index in [1.165, 1.54) is 4.31 Å². The number of nitrogens with one attached hydrogen (secondary N) is 1. The molecule has 2 rings (SSSR count). The first kappa shape index (κ1) is 18.5. The zero-order valence-electron chi connectivity index (χ0n) is 14.5. The summed E-state index contributed by atoms with van der Waals surface area (Å²) in [5.41, 5.74) is 0.328. The van der Waals surface area contributed by atoms with Crippen molar-refractivity contribution < 1.29 is 22.7 Å². The molecule has 1 aromatic carbocycles. The normalized spacial score (nSPS) is 14.0. The van der Waals surface area contributed by atoms with Crippen LogP contribution in [-0.4, -0.2) is 43.8 Å². The van der Waals surface area contributed by atoms with Gasteiger partial charge in [0.1, 0.15) is 0 Å². The van der Waals surface area contributed by atoms with Crippen molar-refractivity contribution in [3.8, 4) is 11.5 Å². The Morgan fingerprint density at radius 1 is 1.25 bits per heavy atom. The van der Waals surface area contributed by atoms with E-state index < -0.39 is 15.6 Å². The van der Waals surface area contributed by atoms with E-state index in [1.54, 1.807) is 26.8 Å². The fourth-order valence-corrected chi connectivity index (χ4v) is 3.96. The zero-order valence-corrected chi connectivity index (χ0v) is 15.3. The monoisotopic (exact) mass is 356 g/mol. The number of hydrogen-bond donors (Lipinski definition) is 1. The molecule has 0 atom stereocenters. The predicted octanol–water partition coefficient (Wildman–Crippen LogP) is 1.48. The average molecular weight is 356 g/mol. The smallest absolute Gasteiger partial charge is 0.231 e. The van der Waals surface area contributed by atoms with E-state index in [4.69, 9.17) is 9.47 Å². The van der Waals surface area contributed by atoms with Crippen LogP contribution in [0, 0.1) is 0 Å². The fraction of sp³-hybridized carbons (Fsp3) is 0.562. The van der Waals surface area contributed by atoms with E-state index >= 15 is 0 Å². The number of rotatable bonds is 6. The number of sulfonamides is 1. The lowest BCUT2D eigenvalue weighted by Crippen LogP contribution is -2.46. The van der Waals surface area contributed by atoms with Gasteiger partial charge in [0.05, 0.1) is 6.26 Å². The molecule has 1 aliphatic rings. The van der Waals surface area contributed by atoms with E-state index in [9.17, 15) is 13.2 Å². The molecule has 24 heavy (non-hydrogen) atoms. The van der Waals surface area contributed by atoms with Gasteiger partial charge in [-0.3, -0.25) is 4.79 Å². The zero-order chi connectivity index (χ0) is 18.0. The molecule has 1 aromatic rings. The molecule has 1 aliphatic heterocycles. The van der Waals surface area contributed by atoms with Gasteiger partial charge in [-0.2, -0.15) is 4.31 Å². The molecule has 1 N–H and O–H groups in total. The van der Waals surface area contributed by atoms with Crippen LogP contribution in [0.1, 0.15) is 32.8 Å². The molecule has 0 saturated carbocycles. The fourth-order valence-electron chi connectivity index (χ4n) is 2.54. The number of nitrogens with zero attached hydrogens (tertiary/aromatic N) is 1. The third kappa shape index (κ3) is 4.85. The first-order chi connectivity index (χ1) is 11.1. The molecular formula is C16H24N2O5S. The number of carbonyl (C=O) groups excluding carboxylic acids is 1. The molecule has 0 fully saturated rings. The number of ether oxygens (including phenoxy) is 2. The van der Waals surface area contributed by atoms with Crippen LogP contribution in [0.25, 0.3) is 0 Å². The molecule has 0 aromatic heterocycles. The molecule has 1 heterocycles. The molecule has 0 spiro atoms. The lowest BCUT2D eigenvalue weighted by atomic mass is 10.1. The summed E-state index contributed by atoms with van der Waals surface area (Å²) in [6.45, 7) is 6.12. The van der Waals surface area contributed by atoms with Gasteiger partial charge >= 0.3 is 0 Å². The maximum atomic E-state index is 12.0. The lowest BCUT2D eigenvalue weighted by Gasteiger charge is -2.33. The second-order valence-electron chi connectivity index (χ2n) is 6.72. The van der Waals surface area contributed by atoms with Crippen LogP contribution in [0.3, 0.4) is 0 Å². The highest BCUT2D eigenvalue weighted by atomic mass is 32.2. The van der Waals surface area contributed by atoms with Gasteiger partial charge in [0.25, 0.3) is 0 Å². The number of fused-ring (bicyclic) bond motifs is 1. The Hall–Kier alpha value is -1.80. The number of carbonyl (C=O) groups is 1. The van der Waals surface area contributed by atoms with Crippen molar-refractivity contribution in [2.45, 2.75) is 39.3 Å². The van der Waals surface area contributed by atoms with Crippen molar-refractivity contribution in [3.05, 3.63) is 23.8 Å². The summed E-state index contributed by atoms with van der Waals surface area (Å²) in [5.74, 6) is 1.15. The molecule has 1 amide bonds. The highest BCUT2D eigenvalue weighted by Crippen LogP contribution is 2.32. The third-order valence-electron chi connectivity index (χ3n) is 3.62. The Balaban J connectivity index is 1.87. The van der Waals surface area contributed by atoms with Gasteiger partial charge in [0.2, 0.25) is 22.7 Å². The van der Waals surface area contributed by atoms with Crippen molar-refractivity contribution in [2.24, 2.45) is 0 Å². The van der Waals surface area contributed by atoms with E-state index in [-0.39, 0.29) is 25.7 Å². The maximum Gasteiger partial charge on any atom is 0.231 e.